The van der Waals surface area contributed by atoms with E-state index in [1.54, 1.807) is 0 Å². The van der Waals surface area contributed by atoms with Gasteiger partial charge in [0.15, 0.2) is 17.4 Å². The average molecular weight is 474 g/mol. The van der Waals surface area contributed by atoms with E-state index in [-0.39, 0.29) is 36.8 Å². The van der Waals surface area contributed by atoms with Gasteiger partial charge in [0, 0.05) is 24.7 Å². The lowest BCUT2D eigenvalue weighted by Crippen LogP contribution is -2.59. The molecule has 12 heteroatoms. The number of aliphatic carboxylic acids is 1. The number of primary amides is 1. The summed E-state index contributed by atoms with van der Waals surface area (Å²) in [6.07, 6.45) is 0. The highest BCUT2D eigenvalue weighted by Crippen LogP contribution is 2.31. The fourth-order valence-corrected chi connectivity index (χ4v) is 4.53. The van der Waals surface area contributed by atoms with Gasteiger partial charge < -0.3 is 15.6 Å². The van der Waals surface area contributed by atoms with Crippen molar-refractivity contribution in [2.75, 3.05) is 26.2 Å². The summed E-state index contributed by atoms with van der Waals surface area (Å²) in [5.41, 5.74) is 5.38. The standard InChI is InChI=1S/C19H18ClF2N3O5S/c20-11-1-3-12(4-2-11)30-18-14(21)7-13(8-15(18)22)31(29)25-6-5-24(10-17(26)27)9-16(25)19(23)28/h1-4,7-8,16H,5-6,9-10H2,(H2,23,28)(H,26,27)/t16-,31?/m1/s1. The molecule has 0 spiro atoms. The molecule has 1 amide bonds. The lowest BCUT2D eigenvalue weighted by molar-refractivity contribution is -0.139. The molecule has 1 aliphatic heterocycles. The lowest BCUT2D eigenvalue weighted by atomic mass is 10.2. The van der Waals surface area contributed by atoms with E-state index in [0.717, 1.165) is 12.1 Å². The largest absolute Gasteiger partial charge is 0.480 e. The van der Waals surface area contributed by atoms with E-state index in [0.29, 0.717) is 5.02 Å². The van der Waals surface area contributed by atoms with Crippen molar-refractivity contribution < 1.29 is 32.4 Å². The molecule has 3 rings (SSSR count). The number of carboxylic acids is 1. The lowest BCUT2D eigenvalue weighted by Gasteiger charge is -2.38. The van der Waals surface area contributed by atoms with Crippen LogP contribution in [0.5, 0.6) is 11.5 Å². The van der Waals surface area contributed by atoms with Crippen LogP contribution in [0.1, 0.15) is 0 Å². The number of amides is 1. The van der Waals surface area contributed by atoms with Crippen molar-refractivity contribution in [2.24, 2.45) is 5.73 Å². The fourth-order valence-electron chi connectivity index (χ4n) is 3.08. The Labute approximate surface area is 183 Å². The number of piperazine rings is 1. The van der Waals surface area contributed by atoms with Gasteiger partial charge >= 0.3 is 5.97 Å². The first kappa shape index (κ1) is 23.1. The number of carbonyl (C=O) groups is 2. The number of halogens is 3. The van der Waals surface area contributed by atoms with Crippen LogP contribution in [0.2, 0.25) is 5.02 Å². The van der Waals surface area contributed by atoms with Crippen molar-refractivity contribution in [3.8, 4) is 11.5 Å². The molecule has 0 bridgehead atoms. The van der Waals surface area contributed by atoms with Crippen molar-refractivity contribution >= 4 is 34.5 Å². The van der Waals surface area contributed by atoms with Gasteiger partial charge in [0.25, 0.3) is 0 Å². The van der Waals surface area contributed by atoms with Gasteiger partial charge in [-0.3, -0.25) is 14.5 Å². The topological polar surface area (TPSA) is 113 Å². The SMILES string of the molecule is NC(=O)[C@H]1CN(CC(=O)O)CCN1S(=O)c1cc(F)c(Oc2ccc(Cl)cc2)c(F)c1. The van der Waals surface area contributed by atoms with Crippen LogP contribution in [0.3, 0.4) is 0 Å². The quantitative estimate of drug-likeness (QED) is 0.636. The minimum Gasteiger partial charge on any atom is -0.480 e. The number of nitrogens with two attached hydrogens (primary N) is 1. The third-order valence-electron chi connectivity index (χ3n) is 4.52. The second-order valence-electron chi connectivity index (χ2n) is 6.71. The van der Waals surface area contributed by atoms with Crippen LogP contribution in [-0.2, 0) is 20.6 Å². The summed E-state index contributed by atoms with van der Waals surface area (Å²) < 4.78 is 48.5. The Morgan fingerprint density at radius 3 is 2.35 bits per heavy atom. The van der Waals surface area contributed by atoms with Crippen molar-refractivity contribution in [2.45, 2.75) is 10.9 Å². The Hall–Kier alpha value is -2.60. The second kappa shape index (κ2) is 9.69. The molecule has 1 aliphatic rings. The highest BCUT2D eigenvalue weighted by atomic mass is 35.5. The maximum atomic E-state index is 14.6. The van der Waals surface area contributed by atoms with Crippen molar-refractivity contribution in [1.29, 1.82) is 0 Å². The number of ether oxygens (including phenoxy) is 1. The van der Waals surface area contributed by atoms with Crippen molar-refractivity contribution in [3.05, 3.63) is 53.1 Å². The number of rotatable bonds is 7. The van der Waals surface area contributed by atoms with E-state index in [4.69, 9.17) is 27.2 Å². The van der Waals surface area contributed by atoms with Gasteiger partial charge in [-0.2, -0.15) is 0 Å². The monoisotopic (exact) mass is 473 g/mol. The average Bonchev–Trinajstić information content (AvgIpc) is 2.71. The smallest absolute Gasteiger partial charge is 0.317 e. The van der Waals surface area contributed by atoms with Gasteiger partial charge in [-0.1, -0.05) is 11.6 Å². The Balaban J connectivity index is 1.81. The molecule has 1 unspecified atom stereocenters. The van der Waals surface area contributed by atoms with Gasteiger partial charge in [-0.05, 0) is 36.4 Å². The summed E-state index contributed by atoms with van der Waals surface area (Å²) in [6.45, 7) is -0.190. The van der Waals surface area contributed by atoms with E-state index >= 15 is 0 Å². The van der Waals surface area contributed by atoms with Gasteiger partial charge in [0.2, 0.25) is 5.91 Å². The number of hydrogen-bond donors (Lipinski definition) is 2. The van der Waals surface area contributed by atoms with Gasteiger partial charge in [-0.25, -0.2) is 17.3 Å². The third kappa shape index (κ3) is 5.56. The molecule has 31 heavy (non-hydrogen) atoms. The molecule has 2 atom stereocenters. The van der Waals surface area contributed by atoms with Crippen LogP contribution >= 0.6 is 11.6 Å². The molecule has 3 N–H and O–H groups in total. The normalized spacial score (nSPS) is 18.5. The van der Waals surface area contributed by atoms with Crippen LogP contribution in [0, 0.1) is 11.6 Å². The summed E-state index contributed by atoms with van der Waals surface area (Å²) in [6, 6.07) is 6.46. The van der Waals surface area contributed by atoms with Gasteiger partial charge in [0.1, 0.15) is 22.8 Å². The zero-order valence-corrected chi connectivity index (χ0v) is 17.5. The molecule has 2 aromatic rings. The zero-order chi connectivity index (χ0) is 22.7. The first-order valence-corrected chi connectivity index (χ1v) is 10.5. The van der Waals surface area contributed by atoms with E-state index in [1.165, 1.54) is 33.5 Å². The fraction of sp³-hybridized carbons (Fsp3) is 0.263. The van der Waals surface area contributed by atoms with Crippen molar-refractivity contribution in [3.63, 3.8) is 0 Å². The number of benzene rings is 2. The van der Waals surface area contributed by atoms with E-state index < -0.39 is 46.3 Å². The molecular formula is C19H18ClF2N3O5S. The molecule has 0 aliphatic carbocycles. The number of carboxylic acid groups (broad SMARTS) is 1. The van der Waals surface area contributed by atoms with Crippen LogP contribution < -0.4 is 10.5 Å². The van der Waals surface area contributed by atoms with E-state index in [2.05, 4.69) is 0 Å². The van der Waals surface area contributed by atoms with Gasteiger partial charge in [-0.15, -0.1) is 0 Å². The molecule has 1 saturated heterocycles. The Kier molecular flexibility index (Phi) is 7.21. The molecule has 2 aromatic carbocycles. The Morgan fingerprint density at radius 2 is 1.81 bits per heavy atom. The third-order valence-corrected chi connectivity index (χ3v) is 6.28. The van der Waals surface area contributed by atoms with Crippen molar-refractivity contribution in [1.82, 2.24) is 9.21 Å². The highest BCUT2D eigenvalue weighted by molar-refractivity contribution is 7.82. The minimum absolute atomic E-state index is 0.0137. The molecule has 1 fully saturated rings. The predicted octanol–water partition coefficient (Wildman–Crippen LogP) is 1.99. The first-order chi connectivity index (χ1) is 14.7. The minimum atomic E-state index is -2.12. The van der Waals surface area contributed by atoms with Crippen LogP contribution in [0.4, 0.5) is 8.78 Å². The number of nitrogens with zero attached hydrogens (tertiary/aromatic N) is 2. The molecular weight excluding hydrogens is 456 g/mol. The van der Waals surface area contributed by atoms with E-state index in [1.807, 2.05) is 0 Å². The van der Waals surface area contributed by atoms with Crippen LogP contribution in [0.25, 0.3) is 0 Å². The molecule has 0 saturated carbocycles. The summed E-state index contributed by atoms with van der Waals surface area (Å²) in [5, 5.41) is 9.34. The summed E-state index contributed by atoms with van der Waals surface area (Å²) in [7, 11) is -2.12. The second-order valence-corrected chi connectivity index (χ2v) is 8.58. The Bertz CT molecular complexity index is 1000. The zero-order valence-electron chi connectivity index (χ0n) is 16.0. The predicted molar refractivity (Wildman–Crippen MR) is 108 cm³/mol. The maximum absolute atomic E-state index is 14.6. The summed E-state index contributed by atoms with van der Waals surface area (Å²) in [5.74, 6) is -4.61. The molecule has 8 nitrogen and oxygen atoms in total. The summed E-state index contributed by atoms with van der Waals surface area (Å²) in [4.78, 5) is 24.0. The number of carbonyl (C=O) groups excluding carboxylic acids is 1. The Morgan fingerprint density at radius 1 is 1.19 bits per heavy atom. The summed E-state index contributed by atoms with van der Waals surface area (Å²) >= 11 is 5.77. The first-order valence-electron chi connectivity index (χ1n) is 9.00. The van der Waals surface area contributed by atoms with Crippen LogP contribution in [-0.4, -0.2) is 62.6 Å². The van der Waals surface area contributed by atoms with Gasteiger partial charge in [0.05, 0.1) is 11.4 Å². The van der Waals surface area contributed by atoms with E-state index in [9.17, 15) is 22.6 Å². The maximum Gasteiger partial charge on any atom is 0.317 e. The molecule has 166 valence electrons. The van der Waals surface area contributed by atoms with Crippen LogP contribution in [0.15, 0.2) is 41.3 Å². The molecule has 1 heterocycles. The molecule has 0 radical (unpaired) electrons. The number of hydrogen-bond acceptors (Lipinski definition) is 5. The molecule has 0 aromatic heterocycles. The highest BCUT2D eigenvalue weighted by Gasteiger charge is 2.36.